The van der Waals surface area contributed by atoms with E-state index in [-0.39, 0.29) is 18.3 Å². The first-order valence-corrected chi connectivity index (χ1v) is 9.90. The molecule has 1 saturated heterocycles. The fourth-order valence-electron chi connectivity index (χ4n) is 2.92. The Morgan fingerprint density at radius 2 is 1.81 bits per heavy atom. The Morgan fingerprint density at radius 1 is 1.06 bits per heavy atom. The quantitative estimate of drug-likeness (QED) is 0.398. The second-order valence-electron chi connectivity index (χ2n) is 6.94. The highest BCUT2D eigenvalue weighted by atomic mass is 16.6. The SMILES string of the molecule is CCOc1cc(/C=C2/C(=O)NN(c3ccccc3)C2=O)ccc1OCC(=O)OC(C)C. The summed E-state index contributed by atoms with van der Waals surface area (Å²) < 4.78 is 16.2. The first-order valence-electron chi connectivity index (χ1n) is 9.90. The fraction of sp³-hybridized carbons (Fsp3) is 0.261. The number of nitrogens with zero attached hydrogens (tertiary/aromatic N) is 1. The maximum atomic E-state index is 12.7. The summed E-state index contributed by atoms with van der Waals surface area (Å²) >= 11 is 0. The van der Waals surface area contributed by atoms with Gasteiger partial charge in [-0.25, -0.2) is 9.80 Å². The molecule has 1 fully saturated rings. The van der Waals surface area contributed by atoms with Gasteiger partial charge in [0.1, 0.15) is 5.57 Å². The summed E-state index contributed by atoms with van der Waals surface area (Å²) in [6, 6.07) is 13.8. The molecular weight excluding hydrogens is 400 g/mol. The van der Waals surface area contributed by atoms with E-state index in [1.165, 1.54) is 11.1 Å². The van der Waals surface area contributed by atoms with Crippen LogP contribution in [0.2, 0.25) is 0 Å². The minimum atomic E-state index is -0.497. The van der Waals surface area contributed by atoms with Crippen molar-refractivity contribution in [3.8, 4) is 11.5 Å². The fourth-order valence-corrected chi connectivity index (χ4v) is 2.92. The van der Waals surface area contributed by atoms with E-state index in [2.05, 4.69) is 5.43 Å². The molecule has 8 heteroatoms. The first kappa shape index (κ1) is 21.9. The smallest absolute Gasteiger partial charge is 0.344 e. The molecular formula is C23H24N2O6. The van der Waals surface area contributed by atoms with E-state index in [4.69, 9.17) is 14.2 Å². The zero-order valence-electron chi connectivity index (χ0n) is 17.6. The largest absolute Gasteiger partial charge is 0.490 e. The molecule has 0 aliphatic carbocycles. The Labute approximate surface area is 180 Å². The number of para-hydroxylation sites is 1. The number of carbonyl (C=O) groups excluding carboxylic acids is 3. The van der Waals surface area contributed by atoms with Crippen LogP contribution in [0, 0.1) is 0 Å². The van der Waals surface area contributed by atoms with Gasteiger partial charge >= 0.3 is 5.97 Å². The molecule has 0 bridgehead atoms. The van der Waals surface area contributed by atoms with Gasteiger partial charge in [0, 0.05) is 0 Å². The molecule has 1 heterocycles. The minimum absolute atomic E-state index is 0.000445. The Hall–Kier alpha value is -3.81. The highest BCUT2D eigenvalue weighted by molar-refractivity contribution is 6.31. The predicted molar refractivity (Wildman–Crippen MR) is 114 cm³/mol. The molecule has 162 valence electrons. The van der Waals surface area contributed by atoms with Gasteiger partial charge in [-0.15, -0.1) is 0 Å². The van der Waals surface area contributed by atoms with Crippen LogP contribution in [-0.2, 0) is 19.1 Å². The van der Waals surface area contributed by atoms with E-state index in [0.29, 0.717) is 29.4 Å². The van der Waals surface area contributed by atoms with Crippen LogP contribution in [0.4, 0.5) is 5.69 Å². The standard InChI is InChI=1S/C23H24N2O6/c1-4-29-20-13-16(10-11-19(20)30-14-21(26)31-15(2)3)12-18-22(27)24-25(23(18)28)17-8-6-5-7-9-17/h5-13,15H,4,14H2,1-3H3,(H,24,27)/b18-12-. The zero-order chi connectivity index (χ0) is 22.4. The zero-order valence-corrected chi connectivity index (χ0v) is 17.6. The van der Waals surface area contributed by atoms with E-state index < -0.39 is 17.8 Å². The van der Waals surface area contributed by atoms with Crippen molar-refractivity contribution in [1.29, 1.82) is 0 Å². The van der Waals surface area contributed by atoms with Gasteiger partial charge in [0.25, 0.3) is 11.8 Å². The molecule has 2 amide bonds. The number of hydrogen-bond acceptors (Lipinski definition) is 6. The first-order chi connectivity index (χ1) is 14.9. The van der Waals surface area contributed by atoms with Gasteiger partial charge < -0.3 is 14.2 Å². The molecule has 0 spiro atoms. The van der Waals surface area contributed by atoms with Crippen molar-refractivity contribution in [2.75, 3.05) is 18.2 Å². The number of rotatable bonds is 8. The van der Waals surface area contributed by atoms with Crippen LogP contribution in [-0.4, -0.2) is 37.1 Å². The van der Waals surface area contributed by atoms with Gasteiger partial charge in [0.15, 0.2) is 18.1 Å². The van der Waals surface area contributed by atoms with Crippen molar-refractivity contribution in [3.63, 3.8) is 0 Å². The molecule has 1 N–H and O–H groups in total. The summed E-state index contributed by atoms with van der Waals surface area (Å²) in [5, 5.41) is 1.20. The van der Waals surface area contributed by atoms with Crippen molar-refractivity contribution >= 4 is 29.5 Å². The molecule has 0 atom stereocenters. The summed E-state index contributed by atoms with van der Waals surface area (Å²) in [6.07, 6.45) is 1.25. The van der Waals surface area contributed by atoms with E-state index in [1.54, 1.807) is 56.3 Å². The molecule has 2 aromatic carbocycles. The monoisotopic (exact) mass is 424 g/mol. The van der Waals surface area contributed by atoms with Gasteiger partial charge in [-0.2, -0.15) is 0 Å². The number of hydrazine groups is 1. The van der Waals surface area contributed by atoms with E-state index in [0.717, 1.165) is 0 Å². The van der Waals surface area contributed by atoms with Crippen LogP contribution in [0.5, 0.6) is 11.5 Å². The molecule has 0 radical (unpaired) electrons. The lowest BCUT2D eigenvalue weighted by Gasteiger charge is -2.14. The predicted octanol–water partition coefficient (Wildman–Crippen LogP) is 2.88. The molecule has 1 aliphatic heterocycles. The van der Waals surface area contributed by atoms with Crippen molar-refractivity contribution in [2.24, 2.45) is 0 Å². The van der Waals surface area contributed by atoms with Crippen LogP contribution < -0.4 is 19.9 Å². The van der Waals surface area contributed by atoms with E-state index in [1.807, 2.05) is 13.0 Å². The topological polar surface area (TPSA) is 94.2 Å². The Kier molecular flexibility index (Phi) is 6.92. The highest BCUT2D eigenvalue weighted by Crippen LogP contribution is 2.30. The third kappa shape index (κ3) is 5.42. The third-order valence-electron chi connectivity index (χ3n) is 4.20. The average molecular weight is 424 g/mol. The maximum absolute atomic E-state index is 12.7. The Bertz CT molecular complexity index is 1000. The number of amides is 2. The molecule has 0 saturated carbocycles. The van der Waals surface area contributed by atoms with Crippen LogP contribution in [0.25, 0.3) is 6.08 Å². The van der Waals surface area contributed by atoms with Crippen LogP contribution >= 0.6 is 0 Å². The normalized spacial score (nSPS) is 14.7. The highest BCUT2D eigenvalue weighted by Gasteiger charge is 2.34. The number of carbonyl (C=O) groups is 3. The second-order valence-corrected chi connectivity index (χ2v) is 6.94. The van der Waals surface area contributed by atoms with Crippen molar-refractivity contribution in [1.82, 2.24) is 5.43 Å². The summed E-state index contributed by atoms with van der Waals surface area (Å²) in [5.74, 6) is -0.690. The van der Waals surface area contributed by atoms with E-state index >= 15 is 0 Å². The Balaban J connectivity index is 1.80. The number of esters is 1. The minimum Gasteiger partial charge on any atom is -0.490 e. The lowest BCUT2D eigenvalue weighted by molar-refractivity contribution is -0.149. The molecule has 2 aromatic rings. The number of nitrogens with one attached hydrogen (secondary N) is 1. The summed E-state index contributed by atoms with van der Waals surface area (Å²) in [6.45, 7) is 5.43. The van der Waals surface area contributed by atoms with Crippen LogP contribution in [0.1, 0.15) is 26.3 Å². The second kappa shape index (κ2) is 9.80. The van der Waals surface area contributed by atoms with Crippen molar-refractivity contribution in [2.45, 2.75) is 26.9 Å². The molecule has 31 heavy (non-hydrogen) atoms. The summed E-state index contributed by atoms with van der Waals surface area (Å²) in [7, 11) is 0. The van der Waals surface area contributed by atoms with Crippen molar-refractivity contribution < 1.29 is 28.6 Å². The lowest BCUT2D eigenvalue weighted by Crippen LogP contribution is -2.35. The van der Waals surface area contributed by atoms with Crippen molar-refractivity contribution in [3.05, 3.63) is 59.7 Å². The number of ether oxygens (including phenoxy) is 3. The van der Waals surface area contributed by atoms with Gasteiger partial charge in [-0.05, 0) is 56.7 Å². The van der Waals surface area contributed by atoms with Gasteiger partial charge in [0.05, 0.1) is 18.4 Å². The number of anilines is 1. The summed E-state index contributed by atoms with van der Waals surface area (Å²) in [4.78, 5) is 36.8. The molecule has 0 unspecified atom stereocenters. The molecule has 3 rings (SSSR count). The average Bonchev–Trinajstić information content (AvgIpc) is 3.02. The lowest BCUT2D eigenvalue weighted by atomic mass is 10.1. The molecule has 1 aliphatic rings. The van der Waals surface area contributed by atoms with Crippen LogP contribution in [0.15, 0.2) is 54.1 Å². The maximum Gasteiger partial charge on any atom is 0.344 e. The molecule has 0 aromatic heterocycles. The summed E-state index contributed by atoms with van der Waals surface area (Å²) in [5.41, 5.74) is 3.70. The number of benzene rings is 2. The van der Waals surface area contributed by atoms with Gasteiger partial charge in [-0.1, -0.05) is 24.3 Å². The van der Waals surface area contributed by atoms with Gasteiger partial charge in [-0.3, -0.25) is 15.0 Å². The van der Waals surface area contributed by atoms with Crippen LogP contribution in [0.3, 0.4) is 0 Å². The Morgan fingerprint density at radius 3 is 2.48 bits per heavy atom. The molecule has 8 nitrogen and oxygen atoms in total. The van der Waals surface area contributed by atoms with E-state index in [9.17, 15) is 14.4 Å². The number of hydrogen-bond donors (Lipinski definition) is 1. The van der Waals surface area contributed by atoms with Gasteiger partial charge in [0.2, 0.25) is 0 Å². The third-order valence-corrected chi connectivity index (χ3v) is 4.20.